The van der Waals surface area contributed by atoms with Crippen LogP contribution in [0.3, 0.4) is 0 Å². The van der Waals surface area contributed by atoms with Crippen molar-refractivity contribution < 1.29 is 32.9 Å². The van der Waals surface area contributed by atoms with E-state index in [4.69, 9.17) is 14.0 Å². The van der Waals surface area contributed by atoms with Crippen LogP contribution in [0.5, 0.6) is 0 Å². The van der Waals surface area contributed by atoms with E-state index >= 15 is 4.39 Å². The number of alkyl halides is 2. The monoisotopic (exact) mass is 604 g/mol. The van der Waals surface area contributed by atoms with E-state index in [1.165, 1.54) is 12.7 Å². The van der Waals surface area contributed by atoms with E-state index in [1.807, 2.05) is 26.8 Å². The fraction of sp³-hybridized carbons (Fsp3) is 0.522. The van der Waals surface area contributed by atoms with Crippen LogP contribution in [0.15, 0.2) is 47.4 Å². The number of amides is 1. The molecule has 204 valence electrons. The average molecular weight is 605 g/mol. The number of nitrogens with zero attached hydrogens (tertiary/aromatic N) is 2. The van der Waals surface area contributed by atoms with Crippen LogP contribution in [0.2, 0.25) is 0 Å². The van der Waals surface area contributed by atoms with Gasteiger partial charge in [0.2, 0.25) is 4.58 Å². The molecular formula is C23H31BrFN4O7P. The quantitative estimate of drug-likeness (QED) is 0.273. The van der Waals surface area contributed by atoms with Crippen molar-refractivity contribution >= 4 is 35.4 Å². The Morgan fingerprint density at radius 3 is 2.62 bits per heavy atom. The second kappa shape index (κ2) is 12.1. The van der Waals surface area contributed by atoms with Crippen LogP contribution >= 0.6 is 23.4 Å². The number of carbonyl (C=O) groups is 1. The predicted molar refractivity (Wildman–Crippen MR) is 138 cm³/mol. The molecule has 14 heteroatoms. The topological polar surface area (TPSA) is 141 Å². The molecule has 0 bridgehead atoms. The molecule has 11 nitrogen and oxygen atoms in total. The van der Waals surface area contributed by atoms with Gasteiger partial charge in [-0.05, 0) is 40.4 Å². The van der Waals surface area contributed by atoms with Gasteiger partial charge in [-0.2, -0.15) is 4.98 Å². The van der Waals surface area contributed by atoms with Gasteiger partial charge in [-0.3, -0.25) is 14.4 Å². The number of anilines is 1. The molecule has 37 heavy (non-hydrogen) atoms. The van der Waals surface area contributed by atoms with E-state index in [0.29, 0.717) is 0 Å². The number of halogens is 2. The first kappa shape index (κ1) is 29.4. The molecule has 0 aliphatic carbocycles. The first-order valence-corrected chi connectivity index (χ1v) is 14.4. The van der Waals surface area contributed by atoms with Gasteiger partial charge in [-0.15, -0.1) is 0 Å². The Labute approximate surface area is 222 Å². The minimum Gasteiger partial charge on any atom is -0.444 e. The number of hydrogen-bond donors (Lipinski definition) is 3. The second-order valence-corrected chi connectivity index (χ2v) is 12.6. The second-order valence-electron chi connectivity index (χ2n) is 9.14. The minimum atomic E-state index is -3.28. The number of aliphatic hydroxyl groups is 1. The van der Waals surface area contributed by atoms with Gasteiger partial charge in [0.15, 0.2) is 6.23 Å². The third kappa shape index (κ3) is 7.68. The van der Waals surface area contributed by atoms with Gasteiger partial charge in [0.1, 0.15) is 24.6 Å². The van der Waals surface area contributed by atoms with Crippen LogP contribution in [0, 0.1) is 5.92 Å². The summed E-state index contributed by atoms with van der Waals surface area (Å²) in [6.07, 6.45) is -4.28. The summed E-state index contributed by atoms with van der Waals surface area (Å²) in [6.45, 7) is 6.77. The van der Waals surface area contributed by atoms with Gasteiger partial charge in [-0.1, -0.05) is 44.2 Å². The lowest BCUT2D eigenvalue weighted by atomic mass is 10.1. The largest absolute Gasteiger partial charge is 0.444 e. The Morgan fingerprint density at radius 1 is 1.32 bits per heavy atom. The van der Waals surface area contributed by atoms with Gasteiger partial charge < -0.3 is 19.1 Å². The standard InChI is InChI=1S/C23H31BrFN4O7P/c1-14(2)15(3)28-37(4,33)35-13-17-19(30)23(24,25)20(36-17)29-11-10-18(26-21(29)31)27-22(32)34-12-16-8-6-5-7-9-16/h5-11,14-15,17,19-20,30H,12-13H2,1-4H3,(H,28,33)(H,26,27,31,32)/t15-,17+,19-,20+,23?,37?/m0/s1. The van der Waals surface area contributed by atoms with Crippen LogP contribution in [-0.2, 0) is 25.2 Å². The van der Waals surface area contributed by atoms with Gasteiger partial charge in [0.25, 0.3) is 7.52 Å². The van der Waals surface area contributed by atoms with Gasteiger partial charge in [0.05, 0.1) is 6.61 Å². The molecule has 1 aromatic carbocycles. The molecule has 1 fully saturated rings. The predicted octanol–water partition coefficient (Wildman–Crippen LogP) is 3.78. The molecule has 2 aromatic rings. The summed E-state index contributed by atoms with van der Waals surface area (Å²) >= 11 is 2.81. The Balaban J connectivity index is 1.63. The van der Waals surface area contributed by atoms with Gasteiger partial charge in [0, 0.05) is 18.9 Å². The zero-order valence-electron chi connectivity index (χ0n) is 20.8. The zero-order chi connectivity index (χ0) is 27.4. The van der Waals surface area contributed by atoms with Crippen LogP contribution < -0.4 is 16.1 Å². The number of rotatable bonds is 10. The number of aromatic nitrogens is 2. The smallest absolute Gasteiger partial charge is 0.413 e. The van der Waals surface area contributed by atoms with Crippen molar-refractivity contribution in [3.05, 3.63) is 58.6 Å². The maximum atomic E-state index is 15.4. The number of hydrogen-bond acceptors (Lipinski definition) is 8. The van der Waals surface area contributed by atoms with Gasteiger partial charge >= 0.3 is 11.8 Å². The fourth-order valence-corrected chi connectivity index (χ4v) is 5.57. The number of ether oxygens (including phenoxy) is 2. The van der Waals surface area contributed by atoms with Crippen LogP contribution in [-0.4, -0.2) is 56.9 Å². The van der Waals surface area contributed by atoms with Crippen molar-refractivity contribution in [2.45, 2.75) is 56.4 Å². The molecule has 3 N–H and O–H groups in total. The molecule has 0 saturated carbocycles. The van der Waals surface area contributed by atoms with Crippen LogP contribution in [0.25, 0.3) is 0 Å². The summed E-state index contributed by atoms with van der Waals surface area (Å²) in [4.78, 5) is 28.4. The lowest BCUT2D eigenvalue weighted by Gasteiger charge is -2.24. The SMILES string of the molecule is CC(C)[C@H](C)NP(C)(=O)OC[C@H]1O[C@@H](n2ccc(NC(=O)OCc3ccccc3)nc2=O)C(F)(Br)[C@H]1O. The Hall–Kier alpha value is -2.15. The van der Waals surface area contributed by atoms with Crippen molar-refractivity contribution in [3.8, 4) is 0 Å². The maximum Gasteiger partial charge on any atom is 0.413 e. The summed E-state index contributed by atoms with van der Waals surface area (Å²) in [5, 5.41) is 15.7. The van der Waals surface area contributed by atoms with Crippen LogP contribution in [0.4, 0.5) is 15.0 Å². The lowest BCUT2D eigenvalue weighted by Crippen LogP contribution is -2.41. The summed E-state index contributed by atoms with van der Waals surface area (Å²) in [6, 6.07) is 10.1. The number of aliphatic hydroxyl groups excluding tert-OH is 1. The Bertz CT molecular complexity index is 1180. The molecule has 6 atom stereocenters. The number of nitrogens with one attached hydrogen (secondary N) is 2. The molecule has 3 rings (SSSR count). The highest BCUT2D eigenvalue weighted by atomic mass is 79.9. The summed E-state index contributed by atoms with van der Waals surface area (Å²) in [7, 11) is -3.28. The molecule has 0 radical (unpaired) electrons. The highest BCUT2D eigenvalue weighted by molar-refractivity contribution is 9.10. The van der Waals surface area contributed by atoms with E-state index in [9.17, 15) is 19.3 Å². The maximum absolute atomic E-state index is 15.4. The normalized spacial score (nSPS) is 26.0. The van der Waals surface area contributed by atoms with E-state index in [0.717, 1.165) is 16.3 Å². The third-order valence-corrected chi connectivity index (χ3v) is 8.21. The molecule has 0 spiro atoms. The third-order valence-electron chi connectivity index (χ3n) is 5.83. The molecule has 1 aliphatic heterocycles. The fourth-order valence-electron chi connectivity index (χ4n) is 3.40. The molecule has 2 heterocycles. The summed E-state index contributed by atoms with van der Waals surface area (Å²) < 4.78 is 42.5. The highest BCUT2D eigenvalue weighted by Gasteiger charge is 2.57. The summed E-state index contributed by atoms with van der Waals surface area (Å²) in [5.74, 6) is 0.0761. The number of carbonyl (C=O) groups excluding carboxylic acids is 1. The van der Waals surface area contributed by atoms with Crippen molar-refractivity contribution in [1.82, 2.24) is 14.6 Å². The van der Waals surface area contributed by atoms with Gasteiger partial charge in [-0.25, -0.2) is 19.1 Å². The van der Waals surface area contributed by atoms with Crippen LogP contribution in [0.1, 0.15) is 32.6 Å². The van der Waals surface area contributed by atoms with Crippen molar-refractivity contribution in [1.29, 1.82) is 0 Å². The first-order valence-electron chi connectivity index (χ1n) is 11.6. The minimum absolute atomic E-state index is 0.0194. The van der Waals surface area contributed by atoms with E-state index < -0.39 is 48.9 Å². The molecule has 1 aliphatic rings. The number of benzene rings is 1. The first-order chi connectivity index (χ1) is 17.3. The van der Waals surface area contributed by atoms with E-state index in [2.05, 4.69) is 31.3 Å². The molecule has 1 saturated heterocycles. The average Bonchev–Trinajstić information content (AvgIpc) is 3.05. The van der Waals surface area contributed by atoms with Crippen molar-refractivity contribution in [2.75, 3.05) is 18.6 Å². The molecule has 2 unspecified atom stereocenters. The Kier molecular flexibility index (Phi) is 9.65. The lowest BCUT2D eigenvalue weighted by molar-refractivity contribution is -0.0462. The zero-order valence-corrected chi connectivity index (χ0v) is 23.3. The van der Waals surface area contributed by atoms with E-state index in [1.54, 1.807) is 24.3 Å². The molecule has 1 amide bonds. The van der Waals surface area contributed by atoms with Crippen molar-refractivity contribution in [3.63, 3.8) is 0 Å². The molecular weight excluding hydrogens is 574 g/mol. The summed E-state index contributed by atoms with van der Waals surface area (Å²) in [5.41, 5.74) is -0.174. The Morgan fingerprint density at radius 2 is 2.00 bits per heavy atom. The van der Waals surface area contributed by atoms with E-state index in [-0.39, 0.29) is 24.4 Å². The highest BCUT2D eigenvalue weighted by Crippen LogP contribution is 2.47. The molecule has 1 aromatic heterocycles. The van der Waals surface area contributed by atoms with Crippen molar-refractivity contribution in [2.24, 2.45) is 5.92 Å².